The van der Waals surface area contributed by atoms with Gasteiger partial charge >= 0.3 is 0 Å². The molecule has 0 aliphatic rings. The molecule has 1 aromatic carbocycles. The van der Waals surface area contributed by atoms with Gasteiger partial charge in [0.2, 0.25) is 0 Å². The van der Waals surface area contributed by atoms with Crippen LogP contribution in [0.4, 0.5) is 0 Å². The molecule has 0 aliphatic carbocycles. The summed E-state index contributed by atoms with van der Waals surface area (Å²) in [6.07, 6.45) is 7.62. The molecule has 1 unspecified atom stereocenters. The Morgan fingerprint density at radius 1 is 1.17 bits per heavy atom. The van der Waals surface area contributed by atoms with E-state index in [1.807, 2.05) is 64.9 Å². The van der Waals surface area contributed by atoms with Gasteiger partial charge in [0, 0.05) is 43.4 Å². The van der Waals surface area contributed by atoms with Crippen molar-refractivity contribution >= 4 is 11.6 Å². The topological polar surface area (TPSA) is 73.5 Å². The summed E-state index contributed by atoms with van der Waals surface area (Å²) < 4.78 is 9.70. The average molecular weight is 403 g/mol. The second kappa shape index (κ2) is 8.82. The Hall–Kier alpha value is -3.61. The largest absolute Gasteiger partial charge is 0.487 e. The third-order valence-electron chi connectivity index (χ3n) is 4.90. The van der Waals surface area contributed by atoms with Crippen LogP contribution in [0, 0.1) is 12.8 Å². The first kappa shape index (κ1) is 19.7. The molecule has 1 N–H and O–H groups in total. The number of nitrogens with zero attached hydrogens (tertiary/aromatic N) is 4. The van der Waals surface area contributed by atoms with E-state index in [1.165, 1.54) is 0 Å². The summed E-state index contributed by atoms with van der Waals surface area (Å²) in [5.41, 5.74) is 3.53. The lowest BCUT2D eigenvalue weighted by molar-refractivity contribution is 0.0946. The Bertz CT molecular complexity index is 1120. The summed E-state index contributed by atoms with van der Waals surface area (Å²) in [5.74, 6) is 0.891. The minimum absolute atomic E-state index is 0.0929. The highest BCUT2D eigenvalue weighted by atomic mass is 16.5. The third-order valence-corrected chi connectivity index (χ3v) is 4.90. The molecule has 3 aromatic heterocycles. The molecule has 4 rings (SSSR count). The van der Waals surface area contributed by atoms with Gasteiger partial charge in [-0.15, -0.1) is 0 Å². The first-order valence-electron chi connectivity index (χ1n) is 10.00. The zero-order valence-corrected chi connectivity index (χ0v) is 17.2. The van der Waals surface area contributed by atoms with Crippen molar-refractivity contribution in [1.82, 2.24) is 24.5 Å². The van der Waals surface area contributed by atoms with Crippen LogP contribution in [-0.2, 0) is 13.2 Å². The van der Waals surface area contributed by atoms with Crippen LogP contribution in [0.5, 0.6) is 5.75 Å². The number of hydrogen-bond donors (Lipinski definition) is 1. The van der Waals surface area contributed by atoms with Crippen LogP contribution in [0.3, 0.4) is 0 Å². The van der Waals surface area contributed by atoms with E-state index in [0.717, 1.165) is 23.4 Å². The monoisotopic (exact) mass is 403 g/mol. The number of fused-ring (bicyclic) bond motifs is 1. The van der Waals surface area contributed by atoms with Gasteiger partial charge in [0.05, 0.1) is 5.69 Å². The molecule has 0 radical (unpaired) electrons. The molecule has 3 heterocycles. The molecule has 154 valence electrons. The maximum Gasteiger partial charge on any atom is 0.251 e. The molecule has 0 saturated carbocycles. The number of imidazole rings is 1. The standard InChI is InChI=1S/C23H25N5O2/c1-17(14-28-12-4-10-25-28)13-24-23(29)19-6-8-21(9-7-19)30-16-20-15-27-11-3-5-18(2)22(27)26-20/h3-12,15,17H,13-14,16H2,1-2H3,(H,24,29). The van der Waals surface area contributed by atoms with Crippen LogP contribution in [0.1, 0.15) is 28.5 Å². The average Bonchev–Trinajstić information content (AvgIpc) is 3.41. The maximum atomic E-state index is 12.4. The number of benzene rings is 1. The number of aromatic nitrogens is 4. The van der Waals surface area contributed by atoms with Crippen LogP contribution in [0.15, 0.2) is 67.3 Å². The first-order chi connectivity index (χ1) is 14.6. The molecule has 0 fully saturated rings. The number of nitrogens with one attached hydrogen (secondary N) is 1. The van der Waals surface area contributed by atoms with Crippen molar-refractivity contribution in [3.05, 3.63) is 84.1 Å². The SMILES string of the molecule is Cc1cccn2cc(COc3ccc(C(=O)NCC(C)Cn4cccn4)cc3)nc12. The maximum absolute atomic E-state index is 12.4. The summed E-state index contributed by atoms with van der Waals surface area (Å²) in [5, 5.41) is 7.17. The third kappa shape index (κ3) is 4.68. The van der Waals surface area contributed by atoms with E-state index in [-0.39, 0.29) is 11.8 Å². The van der Waals surface area contributed by atoms with Gasteiger partial charge in [0.1, 0.15) is 18.0 Å². The van der Waals surface area contributed by atoms with Crippen molar-refractivity contribution in [1.29, 1.82) is 0 Å². The molecular weight excluding hydrogens is 378 g/mol. The number of rotatable bonds is 8. The summed E-state index contributed by atoms with van der Waals surface area (Å²) >= 11 is 0. The number of amides is 1. The number of carbonyl (C=O) groups excluding carboxylic acids is 1. The number of pyridine rings is 1. The Morgan fingerprint density at radius 2 is 2.00 bits per heavy atom. The highest BCUT2D eigenvalue weighted by Gasteiger charge is 2.10. The van der Waals surface area contributed by atoms with Crippen LogP contribution in [0.2, 0.25) is 0 Å². The van der Waals surface area contributed by atoms with Gasteiger partial charge in [-0.25, -0.2) is 4.98 Å². The highest BCUT2D eigenvalue weighted by Crippen LogP contribution is 2.16. The molecule has 7 heteroatoms. The first-order valence-corrected chi connectivity index (χ1v) is 10.00. The quantitative estimate of drug-likeness (QED) is 0.489. The molecule has 30 heavy (non-hydrogen) atoms. The minimum atomic E-state index is -0.0929. The van der Waals surface area contributed by atoms with E-state index in [1.54, 1.807) is 18.3 Å². The van der Waals surface area contributed by atoms with Crippen LogP contribution < -0.4 is 10.1 Å². The van der Waals surface area contributed by atoms with E-state index in [2.05, 4.69) is 22.3 Å². The van der Waals surface area contributed by atoms with E-state index < -0.39 is 0 Å². The van der Waals surface area contributed by atoms with E-state index in [0.29, 0.717) is 24.5 Å². The zero-order valence-electron chi connectivity index (χ0n) is 17.2. The number of carbonyl (C=O) groups is 1. The molecule has 0 spiro atoms. The lowest BCUT2D eigenvalue weighted by Crippen LogP contribution is -2.30. The lowest BCUT2D eigenvalue weighted by atomic mass is 10.1. The zero-order chi connectivity index (χ0) is 20.9. The second-order valence-electron chi connectivity index (χ2n) is 7.51. The fourth-order valence-electron chi connectivity index (χ4n) is 3.30. The van der Waals surface area contributed by atoms with Crippen LogP contribution in [-0.4, -0.2) is 31.6 Å². The molecule has 7 nitrogen and oxygen atoms in total. The normalized spacial score (nSPS) is 12.1. The van der Waals surface area contributed by atoms with Gasteiger partial charge in [-0.3, -0.25) is 9.48 Å². The Balaban J connectivity index is 1.28. The Morgan fingerprint density at radius 3 is 2.73 bits per heavy atom. The molecular formula is C23H25N5O2. The van der Waals surface area contributed by atoms with Crippen molar-refractivity contribution in [3.8, 4) is 5.75 Å². The number of hydrogen-bond acceptors (Lipinski definition) is 4. The van der Waals surface area contributed by atoms with Crippen molar-refractivity contribution in [2.24, 2.45) is 5.92 Å². The van der Waals surface area contributed by atoms with E-state index in [4.69, 9.17) is 4.74 Å². The van der Waals surface area contributed by atoms with Crippen LogP contribution >= 0.6 is 0 Å². The predicted octanol–water partition coefficient (Wildman–Crippen LogP) is 3.48. The van der Waals surface area contributed by atoms with Gasteiger partial charge in [0.25, 0.3) is 5.91 Å². The van der Waals surface area contributed by atoms with Crippen LogP contribution in [0.25, 0.3) is 5.65 Å². The van der Waals surface area contributed by atoms with Gasteiger partial charge in [-0.1, -0.05) is 13.0 Å². The summed E-state index contributed by atoms with van der Waals surface area (Å²) in [4.78, 5) is 17.0. The molecule has 1 atom stereocenters. The molecule has 0 bridgehead atoms. The van der Waals surface area contributed by atoms with Crippen molar-refractivity contribution in [3.63, 3.8) is 0 Å². The van der Waals surface area contributed by atoms with E-state index in [9.17, 15) is 4.79 Å². The Labute approximate surface area is 175 Å². The molecule has 0 saturated heterocycles. The smallest absolute Gasteiger partial charge is 0.251 e. The minimum Gasteiger partial charge on any atom is -0.487 e. The van der Waals surface area contributed by atoms with Gasteiger partial charge < -0.3 is 14.5 Å². The highest BCUT2D eigenvalue weighted by molar-refractivity contribution is 5.94. The predicted molar refractivity (Wildman–Crippen MR) is 114 cm³/mol. The fourth-order valence-corrected chi connectivity index (χ4v) is 3.30. The molecule has 1 amide bonds. The lowest BCUT2D eigenvalue weighted by Gasteiger charge is -2.13. The van der Waals surface area contributed by atoms with Gasteiger partial charge in [-0.2, -0.15) is 5.10 Å². The summed E-state index contributed by atoms with van der Waals surface area (Å²) in [6.45, 7) is 5.85. The summed E-state index contributed by atoms with van der Waals surface area (Å²) in [7, 11) is 0. The van der Waals surface area contributed by atoms with Crippen molar-refractivity contribution in [2.45, 2.75) is 27.0 Å². The molecule has 0 aliphatic heterocycles. The van der Waals surface area contributed by atoms with Gasteiger partial charge in [-0.05, 0) is 54.8 Å². The number of ether oxygens (including phenoxy) is 1. The summed E-state index contributed by atoms with van der Waals surface area (Å²) in [6, 6.07) is 13.1. The van der Waals surface area contributed by atoms with Crippen molar-refractivity contribution < 1.29 is 9.53 Å². The van der Waals surface area contributed by atoms with E-state index >= 15 is 0 Å². The van der Waals surface area contributed by atoms with Gasteiger partial charge in [0.15, 0.2) is 0 Å². The fraction of sp³-hybridized carbons (Fsp3) is 0.261. The number of aryl methyl sites for hydroxylation is 1. The molecule has 4 aromatic rings. The second-order valence-corrected chi connectivity index (χ2v) is 7.51. The van der Waals surface area contributed by atoms with Crippen molar-refractivity contribution in [2.75, 3.05) is 6.54 Å². The Kier molecular flexibility index (Phi) is 5.79.